The van der Waals surface area contributed by atoms with E-state index in [2.05, 4.69) is 5.16 Å². The van der Waals surface area contributed by atoms with E-state index >= 15 is 0 Å². The first kappa shape index (κ1) is 11.7. The fraction of sp³-hybridized carbons (Fsp3) is 0. The molecule has 0 amide bonds. The molecule has 0 bridgehead atoms. The Kier molecular flexibility index (Phi) is 3.49. The molecule has 0 aliphatic carbocycles. The third kappa shape index (κ3) is 2.19. The number of carboxylic acids is 1. The van der Waals surface area contributed by atoms with Crippen LogP contribution in [0, 0.1) is 5.82 Å². The number of carbonyl (C=O) groups is 1. The number of oxime groups is 1. The number of aromatic carboxylic acids is 1. The zero-order chi connectivity index (χ0) is 11.6. The molecule has 0 unspecified atom stereocenters. The minimum atomic E-state index is -1.40. The van der Waals surface area contributed by atoms with Gasteiger partial charge in [-0.2, -0.15) is 0 Å². The Morgan fingerprint density at radius 1 is 1.47 bits per heavy atom. The molecule has 0 heterocycles. The van der Waals surface area contributed by atoms with E-state index in [1.807, 2.05) is 0 Å². The number of rotatable bonds is 2. The molecule has 1 aromatic carbocycles. The van der Waals surface area contributed by atoms with Gasteiger partial charge >= 0.3 is 5.97 Å². The van der Waals surface area contributed by atoms with Gasteiger partial charge in [-0.25, -0.2) is 9.18 Å². The van der Waals surface area contributed by atoms with Crippen LogP contribution in [0.3, 0.4) is 0 Å². The van der Waals surface area contributed by atoms with Gasteiger partial charge in [-0.3, -0.25) is 0 Å². The third-order valence-corrected chi connectivity index (χ3v) is 2.40. The minimum absolute atomic E-state index is 0.182. The summed E-state index contributed by atoms with van der Waals surface area (Å²) in [5.74, 6) is -2.35. The summed E-state index contributed by atoms with van der Waals surface area (Å²) >= 11 is 11.1. The number of nitrogens with zero attached hydrogens (tertiary/aromatic N) is 1. The third-order valence-electron chi connectivity index (χ3n) is 1.61. The van der Waals surface area contributed by atoms with Crippen LogP contribution in [0.4, 0.5) is 4.39 Å². The van der Waals surface area contributed by atoms with Gasteiger partial charge in [0, 0.05) is 5.56 Å². The van der Waals surface area contributed by atoms with Crippen molar-refractivity contribution in [1.82, 2.24) is 0 Å². The van der Waals surface area contributed by atoms with Crippen molar-refractivity contribution in [1.29, 1.82) is 0 Å². The van der Waals surface area contributed by atoms with Crippen molar-refractivity contribution in [2.45, 2.75) is 0 Å². The van der Waals surface area contributed by atoms with Gasteiger partial charge in [-0.15, -0.1) is 0 Å². The van der Waals surface area contributed by atoms with Crippen LogP contribution < -0.4 is 0 Å². The molecule has 0 saturated heterocycles. The van der Waals surface area contributed by atoms with Gasteiger partial charge in [0.05, 0.1) is 21.8 Å². The fourth-order valence-electron chi connectivity index (χ4n) is 0.950. The second kappa shape index (κ2) is 4.46. The first-order chi connectivity index (χ1) is 6.99. The molecular weight excluding hydrogens is 248 g/mol. The summed E-state index contributed by atoms with van der Waals surface area (Å²) in [6, 6.07) is 0.696. The quantitative estimate of drug-likeness (QED) is 0.368. The Hall–Kier alpha value is -1.33. The fourth-order valence-corrected chi connectivity index (χ4v) is 1.48. The summed E-state index contributed by atoms with van der Waals surface area (Å²) in [5.41, 5.74) is -0.633. The highest BCUT2D eigenvalue weighted by Crippen LogP contribution is 2.29. The standard InChI is InChI=1S/C8H4Cl2FNO3/c9-6-3(8(13)14)1-5(11)7(10)4(6)2-12-15/h1-2,15H,(H,13,14)/b12-2+. The van der Waals surface area contributed by atoms with Crippen LogP contribution in [0.5, 0.6) is 0 Å². The van der Waals surface area contributed by atoms with Gasteiger partial charge < -0.3 is 10.3 Å². The molecule has 0 saturated carbocycles. The molecule has 0 aliphatic rings. The van der Waals surface area contributed by atoms with Crippen LogP contribution in [0.15, 0.2) is 11.2 Å². The summed E-state index contributed by atoms with van der Waals surface area (Å²) in [6.07, 6.45) is 0.764. The van der Waals surface area contributed by atoms with Crippen LogP contribution in [0.25, 0.3) is 0 Å². The van der Waals surface area contributed by atoms with Gasteiger partial charge in [-0.05, 0) is 6.07 Å². The second-order valence-electron chi connectivity index (χ2n) is 2.50. The largest absolute Gasteiger partial charge is 0.478 e. The van der Waals surface area contributed by atoms with E-state index in [1.54, 1.807) is 0 Å². The first-order valence-corrected chi connectivity index (χ1v) is 4.32. The molecule has 15 heavy (non-hydrogen) atoms. The van der Waals surface area contributed by atoms with E-state index < -0.39 is 22.4 Å². The van der Waals surface area contributed by atoms with Crippen molar-refractivity contribution in [2.75, 3.05) is 0 Å². The lowest BCUT2D eigenvalue weighted by molar-refractivity contribution is 0.0696. The first-order valence-electron chi connectivity index (χ1n) is 3.57. The average Bonchev–Trinajstić information content (AvgIpc) is 2.18. The Labute approximate surface area is 93.5 Å². The Morgan fingerprint density at radius 3 is 2.53 bits per heavy atom. The molecular formula is C8H4Cl2FNO3. The predicted molar refractivity (Wildman–Crippen MR) is 52.8 cm³/mol. The van der Waals surface area contributed by atoms with Gasteiger partial charge in [-0.1, -0.05) is 28.4 Å². The van der Waals surface area contributed by atoms with Crippen LogP contribution in [0.2, 0.25) is 10.0 Å². The van der Waals surface area contributed by atoms with Crippen molar-refractivity contribution in [3.8, 4) is 0 Å². The van der Waals surface area contributed by atoms with E-state index in [9.17, 15) is 9.18 Å². The number of halogens is 3. The minimum Gasteiger partial charge on any atom is -0.478 e. The molecule has 0 radical (unpaired) electrons. The molecule has 0 atom stereocenters. The van der Waals surface area contributed by atoms with Gasteiger partial charge in [0.15, 0.2) is 0 Å². The van der Waals surface area contributed by atoms with Gasteiger partial charge in [0.25, 0.3) is 0 Å². The van der Waals surface area contributed by atoms with E-state index in [0.29, 0.717) is 6.07 Å². The van der Waals surface area contributed by atoms with Crippen molar-refractivity contribution < 1.29 is 19.5 Å². The zero-order valence-corrected chi connectivity index (χ0v) is 8.55. The number of benzene rings is 1. The topological polar surface area (TPSA) is 69.9 Å². The van der Waals surface area contributed by atoms with Crippen LogP contribution in [-0.4, -0.2) is 22.5 Å². The summed E-state index contributed by atoms with van der Waals surface area (Å²) in [7, 11) is 0. The highest BCUT2D eigenvalue weighted by atomic mass is 35.5. The second-order valence-corrected chi connectivity index (χ2v) is 3.25. The van der Waals surface area contributed by atoms with Crippen molar-refractivity contribution in [3.05, 3.63) is 33.1 Å². The number of hydrogen-bond donors (Lipinski definition) is 2. The highest BCUT2D eigenvalue weighted by Gasteiger charge is 2.18. The number of hydrogen-bond acceptors (Lipinski definition) is 3. The molecule has 1 rings (SSSR count). The maximum Gasteiger partial charge on any atom is 0.337 e. The lowest BCUT2D eigenvalue weighted by Gasteiger charge is -2.05. The predicted octanol–water partition coefficient (Wildman–Crippen LogP) is 2.64. The van der Waals surface area contributed by atoms with E-state index in [4.69, 9.17) is 33.5 Å². The van der Waals surface area contributed by atoms with Crippen LogP contribution in [0.1, 0.15) is 15.9 Å². The molecule has 4 nitrogen and oxygen atoms in total. The smallest absolute Gasteiger partial charge is 0.337 e. The van der Waals surface area contributed by atoms with Gasteiger partial charge in [0.2, 0.25) is 0 Å². The SMILES string of the molecule is O=C(O)c1cc(F)c(Cl)c(/C=N/O)c1Cl. The zero-order valence-electron chi connectivity index (χ0n) is 7.04. The molecule has 0 fully saturated rings. The van der Waals surface area contributed by atoms with E-state index in [0.717, 1.165) is 6.21 Å². The summed E-state index contributed by atoms with van der Waals surface area (Å²) in [4.78, 5) is 10.6. The maximum atomic E-state index is 13.1. The van der Waals surface area contributed by atoms with Crippen molar-refractivity contribution >= 4 is 35.4 Å². The molecule has 0 spiro atoms. The Balaban J connectivity index is 3.55. The lowest BCUT2D eigenvalue weighted by atomic mass is 10.1. The van der Waals surface area contributed by atoms with Crippen molar-refractivity contribution in [3.63, 3.8) is 0 Å². The van der Waals surface area contributed by atoms with Crippen molar-refractivity contribution in [2.24, 2.45) is 5.16 Å². The Bertz CT molecular complexity index is 448. The lowest BCUT2D eigenvalue weighted by Crippen LogP contribution is -2.02. The normalized spacial score (nSPS) is 10.9. The average molecular weight is 252 g/mol. The van der Waals surface area contributed by atoms with Crippen LogP contribution in [-0.2, 0) is 0 Å². The van der Waals surface area contributed by atoms with Crippen LogP contribution >= 0.6 is 23.2 Å². The summed E-state index contributed by atoms with van der Waals surface area (Å²) in [5, 5.41) is 18.9. The molecule has 2 N–H and O–H groups in total. The molecule has 1 aromatic rings. The number of carboxylic acid groups (broad SMARTS) is 1. The Morgan fingerprint density at radius 2 is 2.07 bits per heavy atom. The highest BCUT2D eigenvalue weighted by molar-refractivity contribution is 6.40. The molecule has 7 heteroatoms. The van der Waals surface area contributed by atoms with E-state index in [1.165, 1.54) is 0 Å². The molecule has 80 valence electrons. The van der Waals surface area contributed by atoms with Gasteiger partial charge in [0.1, 0.15) is 5.82 Å². The summed E-state index contributed by atoms with van der Waals surface area (Å²) < 4.78 is 13.1. The monoisotopic (exact) mass is 251 g/mol. The molecule has 0 aromatic heterocycles. The maximum absolute atomic E-state index is 13.1. The summed E-state index contributed by atoms with van der Waals surface area (Å²) in [6.45, 7) is 0. The molecule has 0 aliphatic heterocycles. The van der Waals surface area contributed by atoms with E-state index in [-0.39, 0.29) is 10.6 Å².